The fourth-order valence-corrected chi connectivity index (χ4v) is 4.92. The van der Waals surface area contributed by atoms with Crippen LogP contribution in [0.15, 0.2) is 24.3 Å². The van der Waals surface area contributed by atoms with E-state index in [2.05, 4.69) is 34.5 Å². The van der Waals surface area contributed by atoms with Crippen LogP contribution in [0.4, 0.5) is 0 Å². The van der Waals surface area contributed by atoms with Crippen molar-refractivity contribution in [2.75, 3.05) is 19.6 Å². The van der Waals surface area contributed by atoms with Gasteiger partial charge in [0.05, 0.1) is 11.8 Å². The summed E-state index contributed by atoms with van der Waals surface area (Å²) in [6, 6.07) is 8.38. The quantitative estimate of drug-likeness (QED) is 0.718. The molecule has 2 saturated heterocycles. The number of rotatable bonds is 7. The molecule has 0 radical (unpaired) electrons. The van der Waals surface area contributed by atoms with Crippen LogP contribution >= 0.6 is 0 Å². The molecule has 2 aliphatic heterocycles. The minimum absolute atomic E-state index is 0.0684. The van der Waals surface area contributed by atoms with Crippen molar-refractivity contribution in [2.45, 2.75) is 58.0 Å². The average molecular weight is 398 g/mol. The first-order valence-electron chi connectivity index (χ1n) is 11.0. The number of carbonyl (C=O) groups is 3. The number of fused-ring (bicyclic) bond motifs is 1. The van der Waals surface area contributed by atoms with Crippen LogP contribution in [0.5, 0.6) is 0 Å². The van der Waals surface area contributed by atoms with E-state index >= 15 is 0 Å². The summed E-state index contributed by atoms with van der Waals surface area (Å²) in [6.45, 7) is 4.02. The largest absolute Gasteiger partial charge is 0.352 e. The topological polar surface area (TPSA) is 69.7 Å². The van der Waals surface area contributed by atoms with Gasteiger partial charge in [0.25, 0.3) is 0 Å². The maximum Gasteiger partial charge on any atom is 0.233 e. The fourth-order valence-electron chi connectivity index (χ4n) is 4.92. The second-order valence-electron chi connectivity index (χ2n) is 8.65. The summed E-state index contributed by atoms with van der Waals surface area (Å²) in [7, 11) is 0. The first-order chi connectivity index (χ1) is 14.1. The van der Waals surface area contributed by atoms with Crippen LogP contribution in [-0.4, -0.2) is 47.2 Å². The monoisotopic (exact) mass is 397 g/mol. The third-order valence-corrected chi connectivity index (χ3v) is 6.61. The molecule has 1 aliphatic carbocycles. The lowest BCUT2D eigenvalue weighted by molar-refractivity contribution is -0.140. The molecule has 1 saturated carbocycles. The molecule has 3 aliphatic rings. The summed E-state index contributed by atoms with van der Waals surface area (Å²) in [4.78, 5) is 41.0. The van der Waals surface area contributed by atoms with Gasteiger partial charge in [0, 0.05) is 26.1 Å². The van der Waals surface area contributed by atoms with E-state index in [9.17, 15) is 14.4 Å². The highest BCUT2D eigenvalue weighted by Crippen LogP contribution is 2.37. The zero-order valence-corrected chi connectivity index (χ0v) is 17.1. The molecular formula is C23H31N3O3. The van der Waals surface area contributed by atoms with Gasteiger partial charge in [-0.15, -0.1) is 0 Å². The van der Waals surface area contributed by atoms with Gasteiger partial charge < -0.3 is 5.32 Å². The molecule has 2 heterocycles. The third-order valence-electron chi connectivity index (χ3n) is 6.61. The molecular weight excluding hydrogens is 366 g/mol. The van der Waals surface area contributed by atoms with E-state index in [1.165, 1.54) is 36.4 Å². The van der Waals surface area contributed by atoms with Gasteiger partial charge in [-0.05, 0) is 49.9 Å². The molecule has 1 N–H and O–H groups in total. The average Bonchev–Trinajstić information content (AvgIpc) is 3.33. The Balaban J connectivity index is 1.21. The van der Waals surface area contributed by atoms with E-state index in [4.69, 9.17) is 0 Å². The minimum atomic E-state index is -0.140. The minimum Gasteiger partial charge on any atom is -0.352 e. The zero-order chi connectivity index (χ0) is 20.2. The summed E-state index contributed by atoms with van der Waals surface area (Å²) in [5, 5.41) is 2.91. The summed E-state index contributed by atoms with van der Waals surface area (Å²) >= 11 is 0. The molecule has 156 valence electrons. The van der Waals surface area contributed by atoms with Gasteiger partial charge in [-0.3, -0.25) is 24.2 Å². The van der Waals surface area contributed by atoms with Crippen molar-refractivity contribution >= 4 is 17.7 Å². The highest BCUT2D eigenvalue weighted by atomic mass is 16.2. The molecule has 0 bridgehead atoms. The van der Waals surface area contributed by atoms with Gasteiger partial charge in [0.2, 0.25) is 17.7 Å². The Labute approximate surface area is 172 Å². The Morgan fingerprint density at radius 3 is 2.10 bits per heavy atom. The number of nitrogens with zero attached hydrogens (tertiary/aromatic N) is 2. The van der Waals surface area contributed by atoms with Crippen LogP contribution in [-0.2, 0) is 27.5 Å². The van der Waals surface area contributed by atoms with Crippen molar-refractivity contribution in [3.63, 3.8) is 0 Å². The van der Waals surface area contributed by atoms with Crippen molar-refractivity contribution in [1.82, 2.24) is 15.1 Å². The van der Waals surface area contributed by atoms with E-state index in [1.807, 2.05) is 0 Å². The summed E-state index contributed by atoms with van der Waals surface area (Å²) < 4.78 is 0. The van der Waals surface area contributed by atoms with Crippen molar-refractivity contribution in [3.8, 4) is 0 Å². The van der Waals surface area contributed by atoms with E-state index in [-0.39, 0.29) is 42.5 Å². The van der Waals surface area contributed by atoms with Gasteiger partial charge in [-0.25, -0.2) is 0 Å². The number of hydrogen-bond donors (Lipinski definition) is 1. The highest BCUT2D eigenvalue weighted by Gasteiger charge is 2.47. The molecule has 0 aromatic heterocycles. The van der Waals surface area contributed by atoms with Crippen LogP contribution < -0.4 is 5.32 Å². The Kier molecular flexibility index (Phi) is 6.28. The van der Waals surface area contributed by atoms with Crippen LogP contribution in [0.25, 0.3) is 0 Å². The number of hydrogen-bond acceptors (Lipinski definition) is 4. The number of nitrogens with one attached hydrogen (secondary N) is 1. The van der Waals surface area contributed by atoms with Crippen LogP contribution in [0.1, 0.15) is 56.1 Å². The number of amides is 3. The summed E-state index contributed by atoms with van der Waals surface area (Å²) in [5.74, 6) is -0.541. The predicted octanol–water partition coefficient (Wildman–Crippen LogP) is 2.46. The summed E-state index contributed by atoms with van der Waals surface area (Å²) in [5.41, 5.74) is 2.36. The molecule has 3 fully saturated rings. The molecule has 6 nitrogen and oxygen atoms in total. The van der Waals surface area contributed by atoms with Gasteiger partial charge in [-0.2, -0.15) is 0 Å². The van der Waals surface area contributed by atoms with Crippen molar-refractivity contribution in [2.24, 2.45) is 11.8 Å². The lowest BCUT2D eigenvalue weighted by Crippen LogP contribution is -2.35. The molecule has 4 rings (SSSR count). The normalized spacial score (nSPS) is 24.8. The number of imide groups is 1. The first kappa shape index (κ1) is 20.1. The zero-order valence-electron chi connectivity index (χ0n) is 17.1. The van der Waals surface area contributed by atoms with Crippen LogP contribution in [0.3, 0.4) is 0 Å². The SMILES string of the molecule is O=C(CCN1C(=O)[C@H]2CCCC[C@@H]2C1=O)NCc1ccc(CN2CCCC2)cc1. The van der Waals surface area contributed by atoms with Gasteiger partial charge >= 0.3 is 0 Å². The first-order valence-corrected chi connectivity index (χ1v) is 11.0. The van der Waals surface area contributed by atoms with Gasteiger partial charge in [-0.1, -0.05) is 37.1 Å². The Morgan fingerprint density at radius 1 is 0.897 bits per heavy atom. The van der Waals surface area contributed by atoms with E-state index in [1.54, 1.807) is 0 Å². The maximum atomic E-state index is 12.5. The van der Waals surface area contributed by atoms with E-state index in [0.717, 1.165) is 37.8 Å². The van der Waals surface area contributed by atoms with Gasteiger partial charge in [0.1, 0.15) is 0 Å². The molecule has 1 aromatic carbocycles. The molecule has 2 atom stereocenters. The number of carbonyl (C=O) groups excluding carboxylic acids is 3. The van der Waals surface area contributed by atoms with Crippen LogP contribution in [0.2, 0.25) is 0 Å². The second-order valence-corrected chi connectivity index (χ2v) is 8.65. The smallest absolute Gasteiger partial charge is 0.233 e. The Hall–Kier alpha value is -2.21. The molecule has 3 amide bonds. The lowest BCUT2D eigenvalue weighted by Gasteiger charge is -2.19. The highest BCUT2D eigenvalue weighted by molar-refractivity contribution is 6.05. The fraction of sp³-hybridized carbons (Fsp3) is 0.609. The van der Waals surface area contributed by atoms with E-state index < -0.39 is 0 Å². The van der Waals surface area contributed by atoms with E-state index in [0.29, 0.717) is 6.54 Å². The molecule has 0 unspecified atom stereocenters. The third kappa shape index (κ3) is 4.69. The number of benzene rings is 1. The molecule has 1 aromatic rings. The van der Waals surface area contributed by atoms with Gasteiger partial charge in [0.15, 0.2) is 0 Å². The number of likely N-dealkylation sites (tertiary alicyclic amines) is 2. The molecule has 6 heteroatoms. The Bertz CT molecular complexity index is 731. The lowest BCUT2D eigenvalue weighted by atomic mass is 9.81. The Morgan fingerprint density at radius 2 is 1.48 bits per heavy atom. The standard InChI is InChI=1S/C23H31N3O3/c27-21(11-14-26-22(28)19-5-1-2-6-20(19)23(26)29)24-15-17-7-9-18(10-8-17)16-25-12-3-4-13-25/h7-10,19-20H,1-6,11-16H2,(H,24,27)/t19-,20-/m0/s1. The predicted molar refractivity (Wildman–Crippen MR) is 110 cm³/mol. The molecule has 0 spiro atoms. The second kappa shape index (κ2) is 9.08. The van der Waals surface area contributed by atoms with Crippen molar-refractivity contribution in [3.05, 3.63) is 35.4 Å². The maximum absolute atomic E-state index is 12.5. The summed E-state index contributed by atoms with van der Waals surface area (Å²) in [6.07, 6.45) is 6.41. The van der Waals surface area contributed by atoms with Crippen molar-refractivity contribution in [1.29, 1.82) is 0 Å². The van der Waals surface area contributed by atoms with Crippen LogP contribution in [0, 0.1) is 11.8 Å². The van der Waals surface area contributed by atoms with Crippen molar-refractivity contribution < 1.29 is 14.4 Å². The molecule has 29 heavy (non-hydrogen) atoms.